The van der Waals surface area contributed by atoms with Gasteiger partial charge in [-0.25, -0.2) is 9.97 Å². The molecule has 0 atom stereocenters. The van der Waals surface area contributed by atoms with E-state index in [1.807, 2.05) is 33.8 Å². The van der Waals surface area contributed by atoms with Crippen LogP contribution in [0.25, 0.3) is 0 Å². The van der Waals surface area contributed by atoms with E-state index in [9.17, 15) is 0 Å². The van der Waals surface area contributed by atoms with Crippen LogP contribution in [0.4, 0.5) is 0 Å². The van der Waals surface area contributed by atoms with E-state index in [0.29, 0.717) is 19.0 Å². The largest absolute Gasteiger partial charge is 0.342 e. The van der Waals surface area contributed by atoms with Crippen LogP contribution in [0, 0.1) is 25.7 Å². The van der Waals surface area contributed by atoms with Crippen LogP contribution in [-0.2, 0) is 9.47 Å². The van der Waals surface area contributed by atoms with Crippen LogP contribution in [0.3, 0.4) is 0 Å². The van der Waals surface area contributed by atoms with Crippen molar-refractivity contribution in [3.8, 4) is 11.8 Å². The molecule has 0 unspecified atom stereocenters. The second-order valence-corrected chi connectivity index (χ2v) is 3.49. The van der Waals surface area contributed by atoms with Crippen LogP contribution in [0.1, 0.15) is 31.1 Å². The minimum atomic E-state index is -0.505. The number of aryl methyl sites for hydroxylation is 2. The molecular weight excluding hydrogens is 216 g/mol. The van der Waals surface area contributed by atoms with E-state index in [1.165, 1.54) is 0 Å². The second kappa shape index (κ2) is 7.00. The summed E-state index contributed by atoms with van der Waals surface area (Å²) >= 11 is 0. The minimum absolute atomic E-state index is 0.505. The van der Waals surface area contributed by atoms with E-state index in [1.54, 1.807) is 0 Å². The summed E-state index contributed by atoms with van der Waals surface area (Å²) in [6.45, 7) is 8.77. The van der Waals surface area contributed by atoms with E-state index < -0.39 is 6.29 Å². The summed E-state index contributed by atoms with van der Waals surface area (Å²) in [5.74, 6) is 6.25. The number of nitrogens with zero attached hydrogens (tertiary/aromatic N) is 2. The molecule has 0 amide bonds. The summed E-state index contributed by atoms with van der Waals surface area (Å²) < 4.78 is 10.6. The van der Waals surface area contributed by atoms with E-state index in [0.717, 1.165) is 11.4 Å². The maximum Gasteiger partial charge on any atom is 0.222 e. The molecule has 0 radical (unpaired) electrons. The van der Waals surface area contributed by atoms with Gasteiger partial charge in [-0.3, -0.25) is 0 Å². The number of aromatic nitrogens is 2. The van der Waals surface area contributed by atoms with Gasteiger partial charge in [-0.05, 0) is 45.6 Å². The van der Waals surface area contributed by atoms with Crippen molar-refractivity contribution < 1.29 is 9.47 Å². The first-order chi connectivity index (χ1) is 8.15. The van der Waals surface area contributed by atoms with Crippen LogP contribution < -0.4 is 0 Å². The minimum Gasteiger partial charge on any atom is -0.342 e. The SMILES string of the molecule is CCOC(C#Cc1nc(C)cc(C)n1)OCC. The maximum atomic E-state index is 5.31. The molecule has 1 heterocycles. The van der Waals surface area contributed by atoms with Gasteiger partial charge in [0.25, 0.3) is 0 Å². The van der Waals surface area contributed by atoms with Crippen LogP contribution in [0.5, 0.6) is 0 Å². The van der Waals surface area contributed by atoms with E-state index >= 15 is 0 Å². The standard InChI is InChI=1S/C13H18N2O2/c1-5-16-13(17-6-2)8-7-12-14-10(3)9-11(4)15-12/h9,13H,5-6H2,1-4H3. The Balaban J connectivity index is 2.80. The van der Waals surface area contributed by atoms with Gasteiger partial charge in [0, 0.05) is 24.6 Å². The fourth-order valence-corrected chi connectivity index (χ4v) is 1.34. The van der Waals surface area contributed by atoms with Gasteiger partial charge in [-0.2, -0.15) is 0 Å². The summed E-state index contributed by atoms with van der Waals surface area (Å²) in [5, 5.41) is 0. The Hall–Kier alpha value is -1.44. The molecule has 0 aliphatic heterocycles. The molecule has 0 bridgehead atoms. The molecule has 1 aromatic rings. The Bertz CT molecular complexity index is 395. The zero-order valence-electron chi connectivity index (χ0n) is 10.8. The van der Waals surface area contributed by atoms with Gasteiger partial charge in [0.1, 0.15) is 0 Å². The van der Waals surface area contributed by atoms with Crippen LogP contribution >= 0.6 is 0 Å². The Morgan fingerprint density at radius 3 is 2.12 bits per heavy atom. The molecule has 0 fully saturated rings. The van der Waals surface area contributed by atoms with Crippen molar-refractivity contribution in [3.05, 3.63) is 23.3 Å². The van der Waals surface area contributed by atoms with Crippen LogP contribution in [0.15, 0.2) is 6.07 Å². The summed E-state index contributed by atoms with van der Waals surface area (Å²) in [6.07, 6.45) is -0.505. The average Bonchev–Trinajstić information content (AvgIpc) is 2.25. The summed E-state index contributed by atoms with van der Waals surface area (Å²) in [7, 11) is 0. The Labute approximate surface area is 102 Å². The zero-order chi connectivity index (χ0) is 12.7. The molecular formula is C13H18N2O2. The van der Waals surface area contributed by atoms with Crippen molar-refractivity contribution in [2.45, 2.75) is 34.0 Å². The Morgan fingerprint density at radius 2 is 1.65 bits per heavy atom. The predicted octanol–water partition coefficient (Wildman–Crippen LogP) is 1.84. The Kier molecular flexibility index (Phi) is 5.61. The highest BCUT2D eigenvalue weighted by molar-refractivity contribution is 5.24. The number of hydrogen-bond donors (Lipinski definition) is 0. The normalized spacial score (nSPS) is 10.2. The number of ether oxygens (including phenoxy) is 2. The third-order valence-corrected chi connectivity index (χ3v) is 1.92. The monoisotopic (exact) mass is 234 g/mol. The molecule has 0 spiro atoms. The lowest BCUT2D eigenvalue weighted by atomic mass is 10.3. The van der Waals surface area contributed by atoms with Crippen LogP contribution in [0.2, 0.25) is 0 Å². The zero-order valence-corrected chi connectivity index (χ0v) is 10.8. The summed E-state index contributed by atoms with van der Waals surface area (Å²) in [5.41, 5.74) is 1.82. The van der Waals surface area contributed by atoms with Crippen molar-refractivity contribution >= 4 is 0 Å². The smallest absolute Gasteiger partial charge is 0.222 e. The molecule has 0 aliphatic carbocycles. The predicted molar refractivity (Wildman–Crippen MR) is 65.4 cm³/mol. The quantitative estimate of drug-likeness (QED) is 0.589. The lowest BCUT2D eigenvalue weighted by Gasteiger charge is -2.09. The molecule has 17 heavy (non-hydrogen) atoms. The highest BCUT2D eigenvalue weighted by Gasteiger charge is 2.02. The van der Waals surface area contributed by atoms with Crippen LogP contribution in [-0.4, -0.2) is 29.5 Å². The molecule has 4 heteroatoms. The molecule has 0 N–H and O–H groups in total. The number of rotatable bonds is 4. The lowest BCUT2D eigenvalue weighted by Crippen LogP contribution is -2.15. The lowest BCUT2D eigenvalue weighted by molar-refractivity contribution is -0.0970. The van der Waals surface area contributed by atoms with Crippen molar-refractivity contribution in [3.63, 3.8) is 0 Å². The van der Waals surface area contributed by atoms with Gasteiger partial charge >= 0.3 is 0 Å². The van der Waals surface area contributed by atoms with Gasteiger partial charge in [-0.15, -0.1) is 0 Å². The van der Waals surface area contributed by atoms with Gasteiger partial charge in [-0.1, -0.05) is 0 Å². The van der Waals surface area contributed by atoms with E-state index in [-0.39, 0.29) is 0 Å². The first-order valence-corrected chi connectivity index (χ1v) is 5.72. The molecule has 0 saturated heterocycles. The average molecular weight is 234 g/mol. The fourth-order valence-electron chi connectivity index (χ4n) is 1.34. The third kappa shape index (κ3) is 4.94. The summed E-state index contributed by atoms with van der Waals surface area (Å²) in [6, 6.07) is 1.91. The first-order valence-electron chi connectivity index (χ1n) is 5.72. The third-order valence-electron chi connectivity index (χ3n) is 1.92. The molecule has 1 rings (SSSR count). The van der Waals surface area contributed by atoms with Crippen molar-refractivity contribution in [1.29, 1.82) is 0 Å². The van der Waals surface area contributed by atoms with Crippen molar-refractivity contribution in [2.24, 2.45) is 0 Å². The van der Waals surface area contributed by atoms with Gasteiger partial charge in [0.2, 0.25) is 12.1 Å². The molecule has 0 saturated carbocycles. The molecule has 92 valence electrons. The molecule has 4 nitrogen and oxygen atoms in total. The maximum absolute atomic E-state index is 5.31. The van der Waals surface area contributed by atoms with Gasteiger partial charge < -0.3 is 9.47 Å². The van der Waals surface area contributed by atoms with E-state index in [4.69, 9.17) is 9.47 Å². The van der Waals surface area contributed by atoms with Crippen molar-refractivity contribution in [2.75, 3.05) is 13.2 Å². The highest BCUT2D eigenvalue weighted by atomic mass is 16.7. The highest BCUT2D eigenvalue weighted by Crippen LogP contribution is 1.99. The first kappa shape index (κ1) is 13.6. The fraction of sp³-hybridized carbons (Fsp3) is 0.538. The molecule has 1 aromatic heterocycles. The van der Waals surface area contributed by atoms with Crippen molar-refractivity contribution in [1.82, 2.24) is 9.97 Å². The topological polar surface area (TPSA) is 44.2 Å². The van der Waals surface area contributed by atoms with E-state index in [2.05, 4.69) is 21.8 Å². The molecule has 0 aliphatic rings. The Morgan fingerprint density at radius 1 is 1.12 bits per heavy atom. The van der Waals surface area contributed by atoms with Gasteiger partial charge in [0.15, 0.2) is 0 Å². The summed E-state index contributed by atoms with van der Waals surface area (Å²) in [4.78, 5) is 8.46. The molecule has 0 aromatic carbocycles. The second-order valence-electron chi connectivity index (χ2n) is 3.49. The number of hydrogen-bond acceptors (Lipinski definition) is 4. The van der Waals surface area contributed by atoms with Gasteiger partial charge in [0.05, 0.1) is 0 Å².